The van der Waals surface area contributed by atoms with Gasteiger partial charge in [-0.15, -0.1) is 0 Å². The van der Waals surface area contributed by atoms with E-state index >= 15 is 0 Å². The lowest BCUT2D eigenvalue weighted by Gasteiger charge is -2.03. The average Bonchev–Trinajstić information content (AvgIpc) is 3.61. The minimum absolute atomic E-state index is 1.18. The van der Waals surface area contributed by atoms with Crippen LogP contribution in [-0.2, 0) is 27.2 Å². The number of nitrogens with zero attached hydrogens (tertiary/aromatic N) is 4. The largest absolute Gasteiger partial charge is 0.243 e. The molecule has 2 rings (SSSR count). The number of aromatic nitrogens is 4. The smallest absolute Gasteiger partial charge is 0.240 e. The number of imidazole rings is 2. The summed E-state index contributed by atoms with van der Waals surface area (Å²) in [6.45, 7) is 6.94. The zero-order valence-electron chi connectivity index (χ0n) is 29.1. The van der Waals surface area contributed by atoms with E-state index in [4.69, 9.17) is 0 Å². The standard InChI is InChI=1S/C20H39N2.C18H35N2/c1-3-4-5-6-7-8-9-10-11-12-13-14-15-16-17-22-19-18-21(2)20-22;1-3-4-5-6-7-8-9-10-11-12-13-14-15-20-17-16-19(2)18-20/h18-20H,3-17H2,1-2H3;16-18H,3-15H2,1-2H3/q2*+1. The lowest BCUT2D eigenvalue weighted by atomic mass is 10.0. The van der Waals surface area contributed by atoms with Crippen molar-refractivity contribution < 1.29 is 9.13 Å². The first-order chi connectivity index (χ1) is 20.7. The summed E-state index contributed by atoms with van der Waals surface area (Å²) in [6, 6.07) is 0. The van der Waals surface area contributed by atoms with Crippen molar-refractivity contribution in [1.29, 1.82) is 0 Å². The molecular formula is C38H74N4+2. The van der Waals surface area contributed by atoms with E-state index in [0.29, 0.717) is 0 Å². The van der Waals surface area contributed by atoms with Gasteiger partial charge in [0.05, 0.1) is 27.2 Å². The lowest BCUT2D eigenvalue weighted by molar-refractivity contribution is -0.671. The maximum absolute atomic E-state index is 2.29. The normalized spacial score (nSPS) is 11.1. The third kappa shape index (κ3) is 25.0. The van der Waals surface area contributed by atoms with Crippen LogP contribution < -0.4 is 9.13 Å². The number of rotatable bonds is 28. The van der Waals surface area contributed by atoms with E-state index in [1.54, 1.807) is 0 Å². The van der Waals surface area contributed by atoms with Crippen LogP contribution in [0.3, 0.4) is 0 Å². The Bertz CT molecular complexity index is 793. The van der Waals surface area contributed by atoms with Crippen LogP contribution in [-0.4, -0.2) is 9.13 Å². The van der Waals surface area contributed by atoms with E-state index in [9.17, 15) is 0 Å². The predicted octanol–water partition coefficient (Wildman–Crippen LogP) is 10.8. The van der Waals surface area contributed by atoms with Crippen molar-refractivity contribution in [2.45, 2.75) is 194 Å². The van der Waals surface area contributed by atoms with Gasteiger partial charge in [0.2, 0.25) is 12.7 Å². The predicted molar refractivity (Wildman–Crippen MR) is 183 cm³/mol. The first-order valence-electron chi connectivity index (χ1n) is 18.7. The molecule has 0 bridgehead atoms. The molecule has 0 radical (unpaired) electrons. The zero-order chi connectivity index (χ0) is 30.4. The van der Waals surface area contributed by atoms with Gasteiger partial charge in [-0.25, -0.2) is 18.3 Å². The molecule has 0 aliphatic heterocycles. The Labute approximate surface area is 263 Å². The molecule has 0 unspecified atom stereocenters. The van der Waals surface area contributed by atoms with Crippen LogP contribution in [0.15, 0.2) is 37.4 Å². The highest BCUT2D eigenvalue weighted by molar-refractivity contribution is 4.66. The molecule has 0 aliphatic rings. The molecule has 0 aromatic carbocycles. The van der Waals surface area contributed by atoms with Crippen molar-refractivity contribution >= 4 is 0 Å². The first-order valence-corrected chi connectivity index (χ1v) is 18.7. The molecule has 0 fully saturated rings. The van der Waals surface area contributed by atoms with Crippen LogP contribution in [0.5, 0.6) is 0 Å². The summed E-state index contributed by atoms with van der Waals surface area (Å²) in [4.78, 5) is 0. The van der Waals surface area contributed by atoms with Gasteiger partial charge in [0.25, 0.3) is 0 Å². The van der Waals surface area contributed by atoms with E-state index in [1.807, 2.05) is 0 Å². The minimum Gasteiger partial charge on any atom is -0.240 e. The minimum atomic E-state index is 1.18. The van der Waals surface area contributed by atoms with Gasteiger partial charge in [0.15, 0.2) is 0 Å². The Hall–Kier alpha value is -1.58. The van der Waals surface area contributed by atoms with Gasteiger partial charge < -0.3 is 0 Å². The summed E-state index contributed by atoms with van der Waals surface area (Å²) >= 11 is 0. The summed E-state index contributed by atoms with van der Waals surface area (Å²) < 4.78 is 8.81. The highest BCUT2D eigenvalue weighted by Crippen LogP contribution is 2.14. The van der Waals surface area contributed by atoms with Crippen LogP contribution in [0.1, 0.15) is 181 Å². The fraction of sp³-hybridized carbons (Fsp3) is 0.842. The molecule has 2 aromatic heterocycles. The van der Waals surface area contributed by atoms with Crippen LogP contribution >= 0.6 is 0 Å². The quantitative estimate of drug-likeness (QED) is 0.0697. The highest BCUT2D eigenvalue weighted by atomic mass is 15.1. The van der Waals surface area contributed by atoms with E-state index in [1.165, 1.54) is 180 Å². The number of hydrogen-bond acceptors (Lipinski definition) is 0. The van der Waals surface area contributed by atoms with E-state index in [2.05, 4.69) is 83.7 Å². The summed E-state index contributed by atoms with van der Waals surface area (Å²) in [5.74, 6) is 0. The van der Waals surface area contributed by atoms with Crippen molar-refractivity contribution in [1.82, 2.24) is 9.13 Å². The first kappa shape index (κ1) is 38.4. The third-order valence-electron chi connectivity index (χ3n) is 8.69. The molecule has 0 atom stereocenters. The molecule has 42 heavy (non-hydrogen) atoms. The summed E-state index contributed by atoms with van der Waals surface area (Å²) in [6.07, 6.45) is 50.1. The van der Waals surface area contributed by atoms with E-state index < -0.39 is 0 Å². The summed E-state index contributed by atoms with van der Waals surface area (Å²) in [5, 5.41) is 0. The lowest BCUT2D eigenvalue weighted by Crippen LogP contribution is -2.23. The Morgan fingerprint density at radius 3 is 0.810 bits per heavy atom. The second-order valence-electron chi connectivity index (χ2n) is 13.1. The van der Waals surface area contributed by atoms with E-state index in [-0.39, 0.29) is 0 Å². The van der Waals surface area contributed by atoms with Crippen LogP contribution in [0.4, 0.5) is 0 Å². The van der Waals surface area contributed by atoms with Gasteiger partial charge in [-0.05, 0) is 25.7 Å². The van der Waals surface area contributed by atoms with Crippen LogP contribution in [0.2, 0.25) is 0 Å². The van der Waals surface area contributed by atoms with Gasteiger partial charge >= 0.3 is 0 Å². The van der Waals surface area contributed by atoms with Gasteiger partial charge in [0.1, 0.15) is 24.8 Å². The molecule has 0 saturated heterocycles. The number of hydrogen-bond donors (Lipinski definition) is 0. The molecule has 4 heteroatoms. The second kappa shape index (κ2) is 29.5. The molecule has 0 spiro atoms. The second-order valence-corrected chi connectivity index (χ2v) is 13.1. The molecular weight excluding hydrogens is 512 g/mol. The summed E-state index contributed by atoms with van der Waals surface area (Å²) in [7, 11) is 4.17. The molecule has 0 aliphatic carbocycles. The Morgan fingerprint density at radius 1 is 0.357 bits per heavy atom. The van der Waals surface area contributed by atoms with Gasteiger partial charge in [-0.1, -0.05) is 155 Å². The molecule has 0 amide bonds. The Kier molecular flexibility index (Phi) is 27.0. The molecule has 4 nitrogen and oxygen atoms in total. The van der Waals surface area contributed by atoms with Crippen LogP contribution in [0.25, 0.3) is 0 Å². The van der Waals surface area contributed by atoms with Crippen molar-refractivity contribution in [2.24, 2.45) is 14.1 Å². The highest BCUT2D eigenvalue weighted by Gasteiger charge is 2.01. The molecule has 0 saturated carbocycles. The van der Waals surface area contributed by atoms with E-state index in [0.717, 1.165) is 0 Å². The van der Waals surface area contributed by atoms with Crippen molar-refractivity contribution in [3.63, 3.8) is 0 Å². The number of unbranched alkanes of at least 4 members (excludes halogenated alkanes) is 24. The third-order valence-corrected chi connectivity index (χ3v) is 8.69. The maximum atomic E-state index is 2.29. The molecule has 244 valence electrons. The van der Waals surface area contributed by atoms with Gasteiger partial charge in [-0.3, -0.25) is 0 Å². The van der Waals surface area contributed by atoms with Crippen LogP contribution in [0, 0.1) is 0 Å². The molecule has 2 aromatic rings. The number of aryl methyl sites for hydroxylation is 4. The van der Waals surface area contributed by atoms with Crippen molar-refractivity contribution in [3.05, 3.63) is 37.4 Å². The fourth-order valence-electron chi connectivity index (χ4n) is 5.89. The van der Waals surface area contributed by atoms with Gasteiger partial charge in [0, 0.05) is 0 Å². The summed E-state index contributed by atoms with van der Waals surface area (Å²) in [5.41, 5.74) is 0. The van der Waals surface area contributed by atoms with Gasteiger partial charge in [-0.2, -0.15) is 0 Å². The Balaban J connectivity index is 0.000000422. The van der Waals surface area contributed by atoms with Crippen molar-refractivity contribution in [3.8, 4) is 0 Å². The Morgan fingerprint density at radius 2 is 0.595 bits per heavy atom. The SMILES string of the molecule is CCCCCCCCCCCCCCCCn1cc[n+](C)c1.CCCCCCCCCCCCCCn1cc[n+](C)c1. The topological polar surface area (TPSA) is 17.6 Å². The molecule has 2 heterocycles. The van der Waals surface area contributed by atoms with Crippen molar-refractivity contribution in [2.75, 3.05) is 0 Å². The molecule has 0 N–H and O–H groups in total. The maximum Gasteiger partial charge on any atom is 0.243 e. The fourth-order valence-corrected chi connectivity index (χ4v) is 5.89. The zero-order valence-corrected chi connectivity index (χ0v) is 29.1. The average molecular weight is 587 g/mol. The monoisotopic (exact) mass is 587 g/mol.